The van der Waals surface area contributed by atoms with Gasteiger partial charge in [0.05, 0.1) is 12.1 Å². The van der Waals surface area contributed by atoms with Gasteiger partial charge in [-0.05, 0) is 25.6 Å². The van der Waals surface area contributed by atoms with E-state index < -0.39 is 5.97 Å². The molecule has 2 aromatic heterocycles. The molecule has 6 nitrogen and oxygen atoms in total. The molecule has 1 atom stereocenters. The fraction of sp³-hybridized carbons (Fsp3) is 0.400. The number of carboxylic acid groups (broad SMARTS) is 1. The maximum absolute atomic E-state index is 12.0. The van der Waals surface area contributed by atoms with Crippen molar-refractivity contribution in [2.75, 3.05) is 6.54 Å². The predicted octanol–water partition coefficient (Wildman–Crippen LogP) is 1.38. The minimum Gasteiger partial charge on any atom is -0.481 e. The molecule has 0 saturated carbocycles. The van der Waals surface area contributed by atoms with Crippen LogP contribution in [-0.4, -0.2) is 37.9 Å². The van der Waals surface area contributed by atoms with Gasteiger partial charge in [0.2, 0.25) is 0 Å². The van der Waals surface area contributed by atoms with Crippen LogP contribution in [0.15, 0.2) is 35.3 Å². The van der Waals surface area contributed by atoms with Crippen LogP contribution < -0.4 is 5.56 Å². The molecule has 0 amide bonds. The molecule has 0 aliphatic rings. The van der Waals surface area contributed by atoms with Crippen molar-refractivity contribution in [2.45, 2.75) is 32.9 Å². The Balaban J connectivity index is 2.25. The Kier molecular flexibility index (Phi) is 4.70. The molecule has 6 heteroatoms. The maximum atomic E-state index is 12.0. The van der Waals surface area contributed by atoms with Crippen LogP contribution in [0.4, 0.5) is 0 Å². The largest absolute Gasteiger partial charge is 0.481 e. The summed E-state index contributed by atoms with van der Waals surface area (Å²) < 4.78 is 1.49. The molecule has 112 valence electrons. The van der Waals surface area contributed by atoms with E-state index in [-0.39, 0.29) is 18.0 Å². The highest BCUT2D eigenvalue weighted by Gasteiger charge is 2.16. The third-order valence-corrected chi connectivity index (χ3v) is 3.49. The normalized spacial score (nSPS) is 12.7. The second kappa shape index (κ2) is 6.49. The third-order valence-electron chi connectivity index (χ3n) is 3.49. The van der Waals surface area contributed by atoms with Crippen molar-refractivity contribution in [3.05, 3.63) is 46.5 Å². The number of pyridine rings is 1. The highest BCUT2D eigenvalue weighted by Crippen LogP contribution is 2.09. The number of carboxylic acids is 1. The molecule has 0 aliphatic carbocycles. The van der Waals surface area contributed by atoms with Crippen LogP contribution in [0.1, 0.15) is 26.0 Å². The molecule has 0 saturated heterocycles. The molecule has 0 bridgehead atoms. The van der Waals surface area contributed by atoms with E-state index in [2.05, 4.69) is 4.98 Å². The monoisotopic (exact) mass is 289 g/mol. The van der Waals surface area contributed by atoms with E-state index in [1.54, 1.807) is 18.3 Å². The van der Waals surface area contributed by atoms with E-state index in [4.69, 9.17) is 5.11 Å². The molecule has 0 spiro atoms. The van der Waals surface area contributed by atoms with Crippen LogP contribution in [0.5, 0.6) is 0 Å². The lowest BCUT2D eigenvalue weighted by Gasteiger charge is -2.26. The van der Waals surface area contributed by atoms with Crippen LogP contribution in [-0.2, 0) is 11.3 Å². The molecule has 1 unspecified atom stereocenters. The number of hydrogen-bond donors (Lipinski definition) is 1. The number of nitrogens with zero attached hydrogens (tertiary/aromatic N) is 3. The summed E-state index contributed by atoms with van der Waals surface area (Å²) in [5.41, 5.74) is 1.13. The fourth-order valence-electron chi connectivity index (χ4n) is 2.35. The summed E-state index contributed by atoms with van der Waals surface area (Å²) in [7, 11) is 0. The van der Waals surface area contributed by atoms with Crippen molar-refractivity contribution in [1.29, 1.82) is 0 Å². The first-order valence-corrected chi connectivity index (χ1v) is 6.94. The summed E-state index contributed by atoms with van der Waals surface area (Å²) in [6, 6.07) is 6.79. The summed E-state index contributed by atoms with van der Waals surface area (Å²) in [6.07, 6.45) is 1.75. The average Bonchev–Trinajstić information content (AvgIpc) is 2.44. The third kappa shape index (κ3) is 3.66. The Bertz CT molecular complexity index is 696. The zero-order valence-electron chi connectivity index (χ0n) is 12.2. The first-order chi connectivity index (χ1) is 10.0. The van der Waals surface area contributed by atoms with Gasteiger partial charge < -0.3 is 5.11 Å². The van der Waals surface area contributed by atoms with Gasteiger partial charge in [0.25, 0.3) is 5.56 Å². The van der Waals surface area contributed by atoms with Gasteiger partial charge in [0.15, 0.2) is 0 Å². The quantitative estimate of drug-likeness (QED) is 0.869. The van der Waals surface area contributed by atoms with E-state index in [1.807, 2.05) is 24.8 Å². The van der Waals surface area contributed by atoms with Crippen molar-refractivity contribution < 1.29 is 9.90 Å². The molecule has 0 aliphatic heterocycles. The molecule has 2 heterocycles. The number of rotatable bonds is 6. The van der Waals surface area contributed by atoms with Gasteiger partial charge >= 0.3 is 5.97 Å². The minimum absolute atomic E-state index is 0.0698. The highest BCUT2D eigenvalue weighted by molar-refractivity contribution is 5.67. The number of hydrogen-bond acceptors (Lipinski definition) is 4. The maximum Gasteiger partial charge on any atom is 0.304 e. The summed E-state index contributed by atoms with van der Waals surface area (Å²) in [5, 5.41) is 8.88. The SMILES string of the molecule is CCN(Cc1cc(=O)n2ccccc2n1)C(C)CC(=O)O. The summed E-state index contributed by atoms with van der Waals surface area (Å²) in [6.45, 7) is 4.99. The number of aliphatic carboxylic acids is 1. The summed E-state index contributed by atoms with van der Waals surface area (Å²) in [4.78, 5) is 29.3. The Morgan fingerprint density at radius 1 is 1.48 bits per heavy atom. The molecule has 2 aromatic rings. The molecule has 0 aromatic carbocycles. The first kappa shape index (κ1) is 15.2. The lowest BCUT2D eigenvalue weighted by atomic mass is 10.2. The van der Waals surface area contributed by atoms with Gasteiger partial charge in [-0.15, -0.1) is 0 Å². The van der Waals surface area contributed by atoms with Gasteiger partial charge in [-0.3, -0.25) is 18.9 Å². The van der Waals surface area contributed by atoms with Crippen molar-refractivity contribution >= 4 is 11.6 Å². The lowest BCUT2D eigenvalue weighted by molar-refractivity contribution is -0.138. The van der Waals surface area contributed by atoms with Gasteiger partial charge in [-0.25, -0.2) is 4.98 Å². The molecular formula is C15H19N3O3. The Morgan fingerprint density at radius 2 is 2.24 bits per heavy atom. The van der Waals surface area contributed by atoms with E-state index in [0.29, 0.717) is 24.4 Å². The molecule has 21 heavy (non-hydrogen) atoms. The van der Waals surface area contributed by atoms with E-state index in [1.165, 1.54) is 10.5 Å². The van der Waals surface area contributed by atoms with Crippen LogP contribution in [0, 0.1) is 0 Å². The smallest absolute Gasteiger partial charge is 0.304 e. The zero-order valence-corrected chi connectivity index (χ0v) is 12.2. The van der Waals surface area contributed by atoms with Crippen molar-refractivity contribution in [2.24, 2.45) is 0 Å². The second-order valence-electron chi connectivity index (χ2n) is 5.02. The van der Waals surface area contributed by atoms with Crippen molar-refractivity contribution in [3.63, 3.8) is 0 Å². The van der Waals surface area contributed by atoms with Crippen LogP contribution in [0.25, 0.3) is 5.65 Å². The van der Waals surface area contributed by atoms with E-state index in [9.17, 15) is 9.59 Å². The van der Waals surface area contributed by atoms with Gasteiger partial charge in [-0.2, -0.15) is 0 Å². The molecule has 1 N–H and O–H groups in total. The Hall–Kier alpha value is -2.21. The zero-order chi connectivity index (χ0) is 15.4. The Labute approximate surface area is 122 Å². The summed E-state index contributed by atoms with van der Waals surface area (Å²) in [5.74, 6) is -0.826. The topological polar surface area (TPSA) is 74.9 Å². The second-order valence-corrected chi connectivity index (χ2v) is 5.02. The predicted molar refractivity (Wildman–Crippen MR) is 79.3 cm³/mol. The van der Waals surface area contributed by atoms with Gasteiger partial charge in [0, 0.05) is 24.8 Å². The molecule has 0 fully saturated rings. The Morgan fingerprint density at radius 3 is 2.90 bits per heavy atom. The molecule has 0 radical (unpaired) electrons. The average molecular weight is 289 g/mol. The lowest BCUT2D eigenvalue weighted by Crippen LogP contribution is -2.34. The van der Waals surface area contributed by atoms with Crippen molar-refractivity contribution in [1.82, 2.24) is 14.3 Å². The number of fused-ring (bicyclic) bond motifs is 1. The van der Waals surface area contributed by atoms with Crippen LogP contribution in [0.3, 0.4) is 0 Å². The standard InChI is InChI=1S/C15H19N3O3/c1-3-17(11(2)8-15(20)21)10-12-9-14(19)18-7-5-4-6-13(18)16-12/h4-7,9,11H,3,8,10H2,1-2H3,(H,20,21). The minimum atomic E-state index is -0.826. The fourth-order valence-corrected chi connectivity index (χ4v) is 2.35. The summed E-state index contributed by atoms with van der Waals surface area (Å²) >= 11 is 0. The van der Waals surface area contributed by atoms with E-state index in [0.717, 1.165) is 0 Å². The van der Waals surface area contributed by atoms with Crippen LogP contribution in [0.2, 0.25) is 0 Å². The number of aromatic nitrogens is 2. The van der Waals surface area contributed by atoms with Crippen molar-refractivity contribution in [3.8, 4) is 0 Å². The highest BCUT2D eigenvalue weighted by atomic mass is 16.4. The van der Waals surface area contributed by atoms with Gasteiger partial charge in [0.1, 0.15) is 5.65 Å². The van der Waals surface area contributed by atoms with Gasteiger partial charge in [-0.1, -0.05) is 13.0 Å². The first-order valence-electron chi connectivity index (χ1n) is 6.94. The van der Waals surface area contributed by atoms with E-state index >= 15 is 0 Å². The molecule has 2 rings (SSSR count). The van der Waals surface area contributed by atoms with Crippen LogP contribution >= 0.6 is 0 Å². The molecular weight excluding hydrogens is 270 g/mol. The number of carbonyl (C=O) groups is 1.